The fraction of sp³-hybridized carbons (Fsp3) is 0.929. The van der Waals surface area contributed by atoms with Crippen LogP contribution < -0.4 is 10.6 Å². The van der Waals surface area contributed by atoms with E-state index in [-0.39, 0.29) is 11.9 Å². The lowest BCUT2D eigenvalue weighted by Gasteiger charge is -2.32. The molecule has 0 aromatic rings. The Balaban J connectivity index is 2.04. The van der Waals surface area contributed by atoms with Crippen molar-refractivity contribution in [3.05, 3.63) is 0 Å². The van der Waals surface area contributed by atoms with Crippen LogP contribution in [0.1, 0.15) is 46.5 Å². The number of carbonyl (C=O) groups excluding carboxylic acids is 1. The van der Waals surface area contributed by atoms with Crippen LogP contribution in [0.3, 0.4) is 0 Å². The van der Waals surface area contributed by atoms with E-state index in [9.17, 15) is 4.79 Å². The number of piperidine rings is 1. The number of amides is 1. The molecular formula is C14H29N3O. The second-order valence-electron chi connectivity index (χ2n) is 5.62. The lowest BCUT2D eigenvalue weighted by Crippen LogP contribution is -2.43. The molecule has 0 spiro atoms. The average Bonchev–Trinajstić information content (AvgIpc) is 2.34. The lowest BCUT2D eigenvalue weighted by molar-refractivity contribution is -0.121. The molecule has 4 nitrogen and oxygen atoms in total. The van der Waals surface area contributed by atoms with E-state index in [4.69, 9.17) is 0 Å². The van der Waals surface area contributed by atoms with E-state index < -0.39 is 0 Å². The molecule has 1 aliphatic heterocycles. The zero-order valence-electron chi connectivity index (χ0n) is 12.2. The number of nitrogens with zero attached hydrogens (tertiary/aromatic N) is 1. The van der Waals surface area contributed by atoms with Crippen molar-refractivity contribution in [2.45, 2.75) is 58.5 Å². The van der Waals surface area contributed by atoms with Crippen LogP contribution in [0, 0.1) is 0 Å². The van der Waals surface area contributed by atoms with Crippen molar-refractivity contribution in [2.75, 3.05) is 26.2 Å². The summed E-state index contributed by atoms with van der Waals surface area (Å²) in [4.78, 5) is 14.0. The first-order valence-electron chi connectivity index (χ1n) is 7.33. The minimum Gasteiger partial charge on any atom is -0.354 e. The molecule has 1 unspecified atom stereocenters. The minimum atomic E-state index is 0.142. The van der Waals surface area contributed by atoms with Gasteiger partial charge in [-0.3, -0.25) is 9.69 Å². The molecule has 18 heavy (non-hydrogen) atoms. The third kappa shape index (κ3) is 6.36. The highest BCUT2D eigenvalue weighted by atomic mass is 16.1. The first-order chi connectivity index (χ1) is 8.59. The van der Waals surface area contributed by atoms with Gasteiger partial charge in [0.25, 0.3) is 0 Å². The number of likely N-dealkylation sites (tertiary alicyclic amines) is 1. The third-order valence-corrected chi connectivity index (χ3v) is 3.43. The molecular weight excluding hydrogens is 226 g/mol. The summed E-state index contributed by atoms with van der Waals surface area (Å²) in [5, 5.41) is 6.29. The van der Waals surface area contributed by atoms with E-state index in [0.29, 0.717) is 12.5 Å². The maximum absolute atomic E-state index is 11.4. The van der Waals surface area contributed by atoms with Crippen molar-refractivity contribution in [3.63, 3.8) is 0 Å². The van der Waals surface area contributed by atoms with Gasteiger partial charge in [0.2, 0.25) is 5.91 Å². The number of hydrogen-bond donors (Lipinski definition) is 2. The molecule has 1 atom stereocenters. The summed E-state index contributed by atoms with van der Waals surface area (Å²) in [5.74, 6) is 0.142. The van der Waals surface area contributed by atoms with Gasteiger partial charge in [-0.1, -0.05) is 6.42 Å². The molecule has 4 heteroatoms. The summed E-state index contributed by atoms with van der Waals surface area (Å²) >= 11 is 0. The Hall–Kier alpha value is -0.610. The topological polar surface area (TPSA) is 44.4 Å². The van der Waals surface area contributed by atoms with Crippen LogP contribution in [0.4, 0.5) is 0 Å². The van der Waals surface area contributed by atoms with Gasteiger partial charge in [-0.15, -0.1) is 0 Å². The summed E-state index contributed by atoms with van der Waals surface area (Å²) in [6.07, 6.45) is 4.62. The highest BCUT2D eigenvalue weighted by Crippen LogP contribution is 2.11. The van der Waals surface area contributed by atoms with Crippen LogP contribution in [0.25, 0.3) is 0 Å². The highest BCUT2D eigenvalue weighted by Gasteiger charge is 2.15. The van der Waals surface area contributed by atoms with E-state index in [0.717, 1.165) is 13.1 Å². The zero-order valence-corrected chi connectivity index (χ0v) is 12.2. The normalized spacial score (nSPS) is 18.9. The summed E-state index contributed by atoms with van der Waals surface area (Å²) in [5.41, 5.74) is 0. The number of rotatable bonds is 7. The van der Waals surface area contributed by atoms with Crippen LogP contribution in [0.15, 0.2) is 0 Å². The Kier molecular flexibility index (Phi) is 7.28. The molecule has 106 valence electrons. The number of nitrogens with one attached hydrogen (secondary N) is 2. The van der Waals surface area contributed by atoms with Crippen molar-refractivity contribution < 1.29 is 4.79 Å². The molecule has 0 saturated carbocycles. The van der Waals surface area contributed by atoms with Gasteiger partial charge < -0.3 is 10.6 Å². The SMILES string of the molecule is CC(C)NC(=O)CCNCC(C)N1CCCCC1. The molecule has 0 radical (unpaired) electrons. The van der Waals surface area contributed by atoms with Crippen LogP contribution in [-0.4, -0.2) is 49.1 Å². The summed E-state index contributed by atoms with van der Waals surface area (Å²) in [6, 6.07) is 0.822. The molecule has 0 aromatic carbocycles. The van der Waals surface area contributed by atoms with Crippen molar-refractivity contribution in [1.82, 2.24) is 15.5 Å². The average molecular weight is 255 g/mol. The maximum atomic E-state index is 11.4. The highest BCUT2D eigenvalue weighted by molar-refractivity contribution is 5.76. The van der Waals surface area contributed by atoms with Gasteiger partial charge in [-0.05, 0) is 46.7 Å². The summed E-state index contributed by atoms with van der Waals surface area (Å²) in [7, 11) is 0. The van der Waals surface area contributed by atoms with Crippen LogP contribution in [0.2, 0.25) is 0 Å². The molecule has 1 saturated heterocycles. The van der Waals surface area contributed by atoms with Gasteiger partial charge in [0.05, 0.1) is 0 Å². The largest absolute Gasteiger partial charge is 0.354 e. The van der Waals surface area contributed by atoms with Gasteiger partial charge in [0, 0.05) is 31.6 Å². The van der Waals surface area contributed by atoms with Gasteiger partial charge in [-0.25, -0.2) is 0 Å². The first-order valence-corrected chi connectivity index (χ1v) is 7.33. The Labute approximate surface area is 111 Å². The Morgan fingerprint density at radius 1 is 1.17 bits per heavy atom. The third-order valence-electron chi connectivity index (χ3n) is 3.43. The van der Waals surface area contributed by atoms with Crippen molar-refractivity contribution in [3.8, 4) is 0 Å². The van der Waals surface area contributed by atoms with E-state index >= 15 is 0 Å². The molecule has 0 aromatic heterocycles. The van der Waals surface area contributed by atoms with Crippen molar-refractivity contribution in [2.24, 2.45) is 0 Å². The van der Waals surface area contributed by atoms with Gasteiger partial charge in [-0.2, -0.15) is 0 Å². The van der Waals surface area contributed by atoms with E-state index in [1.54, 1.807) is 0 Å². The fourth-order valence-electron chi connectivity index (χ4n) is 2.40. The summed E-state index contributed by atoms with van der Waals surface area (Å²) < 4.78 is 0. The van der Waals surface area contributed by atoms with E-state index in [1.807, 2.05) is 13.8 Å². The van der Waals surface area contributed by atoms with E-state index in [1.165, 1.54) is 32.4 Å². The predicted octanol–water partition coefficient (Wildman–Crippen LogP) is 1.37. The Morgan fingerprint density at radius 2 is 1.83 bits per heavy atom. The van der Waals surface area contributed by atoms with Crippen LogP contribution in [0.5, 0.6) is 0 Å². The Morgan fingerprint density at radius 3 is 2.44 bits per heavy atom. The van der Waals surface area contributed by atoms with Crippen LogP contribution in [-0.2, 0) is 4.79 Å². The monoisotopic (exact) mass is 255 g/mol. The molecule has 1 fully saturated rings. The second-order valence-corrected chi connectivity index (χ2v) is 5.62. The molecule has 2 N–H and O–H groups in total. The summed E-state index contributed by atoms with van der Waals surface area (Å²) in [6.45, 7) is 10.5. The predicted molar refractivity (Wildman–Crippen MR) is 75.7 cm³/mol. The molecule has 1 rings (SSSR count). The minimum absolute atomic E-state index is 0.142. The molecule has 1 heterocycles. The molecule has 1 amide bonds. The van der Waals surface area contributed by atoms with Gasteiger partial charge >= 0.3 is 0 Å². The number of carbonyl (C=O) groups is 1. The smallest absolute Gasteiger partial charge is 0.221 e. The zero-order chi connectivity index (χ0) is 13.4. The molecule has 0 aliphatic carbocycles. The molecule has 1 aliphatic rings. The maximum Gasteiger partial charge on any atom is 0.221 e. The standard InChI is InChI=1S/C14H29N3O/c1-12(2)16-14(18)7-8-15-11-13(3)17-9-5-4-6-10-17/h12-13,15H,4-11H2,1-3H3,(H,16,18). The fourth-order valence-corrected chi connectivity index (χ4v) is 2.40. The van der Waals surface area contributed by atoms with Crippen molar-refractivity contribution >= 4 is 5.91 Å². The number of hydrogen-bond acceptors (Lipinski definition) is 3. The first kappa shape index (κ1) is 15.4. The Bertz CT molecular complexity index is 237. The van der Waals surface area contributed by atoms with Crippen molar-refractivity contribution in [1.29, 1.82) is 0 Å². The van der Waals surface area contributed by atoms with E-state index in [2.05, 4.69) is 22.5 Å². The quantitative estimate of drug-likeness (QED) is 0.675. The van der Waals surface area contributed by atoms with Gasteiger partial charge in [0.1, 0.15) is 0 Å². The lowest BCUT2D eigenvalue weighted by atomic mass is 10.1. The van der Waals surface area contributed by atoms with Gasteiger partial charge in [0.15, 0.2) is 0 Å². The van der Waals surface area contributed by atoms with Crippen LogP contribution >= 0.6 is 0 Å². The molecule has 0 bridgehead atoms. The second kappa shape index (κ2) is 8.48.